The lowest BCUT2D eigenvalue weighted by Gasteiger charge is -2.17. The van der Waals surface area contributed by atoms with Crippen molar-refractivity contribution in [2.45, 2.75) is 30.7 Å². The van der Waals surface area contributed by atoms with Crippen LogP contribution in [0.5, 0.6) is 0 Å². The minimum Gasteiger partial charge on any atom is -0.312 e. The molecule has 1 aliphatic carbocycles. The number of aromatic nitrogens is 1. The molecule has 1 spiro atoms. The van der Waals surface area contributed by atoms with Gasteiger partial charge in [0.2, 0.25) is 0 Å². The number of hydrogen-bond donors (Lipinski definition) is 1. The van der Waals surface area contributed by atoms with Crippen molar-refractivity contribution < 1.29 is 4.21 Å². The summed E-state index contributed by atoms with van der Waals surface area (Å²) in [5.41, 5.74) is 0.373. The topological polar surface area (TPSA) is 45.2 Å². The lowest BCUT2D eigenvalue weighted by molar-refractivity contribution is 0.417. The zero-order chi connectivity index (χ0) is 15.2. The van der Waals surface area contributed by atoms with Crippen LogP contribution in [0.1, 0.15) is 19.8 Å². The van der Waals surface area contributed by atoms with E-state index in [9.17, 15) is 4.21 Å². The molecular weight excluding hydrogens is 294 g/mol. The Balaban J connectivity index is 1.64. The monoisotopic (exact) mass is 315 g/mol. The Labute approximate surface area is 133 Å². The fourth-order valence-corrected chi connectivity index (χ4v) is 5.13. The van der Waals surface area contributed by atoms with Gasteiger partial charge in [-0.3, -0.25) is 4.98 Å². The second-order valence-electron chi connectivity index (χ2n) is 6.40. The number of fused-ring (bicyclic) bond motifs is 1. The van der Waals surface area contributed by atoms with Crippen molar-refractivity contribution in [2.75, 3.05) is 19.6 Å². The van der Waals surface area contributed by atoms with Crippen LogP contribution in [0.15, 0.2) is 41.6 Å². The Morgan fingerprint density at radius 2 is 2.27 bits per heavy atom. The number of nitrogens with one attached hydrogen (secondary N) is 1. The van der Waals surface area contributed by atoms with Gasteiger partial charge in [0.25, 0.3) is 0 Å². The van der Waals surface area contributed by atoms with E-state index in [4.69, 9.17) is 0 Å². The minimum absolute atomic E-state index is 0.373. The van der Waals surface area contributed by atoms with Crippen LogP contribution in [-0.4, -0.2) is 39.2 Å². The molecule has 2 fully saturated rings. The molecule has 0 bridgehead atoms. The molecule has 1 N–H and O–H groups in total. The predicted molar refractivity (Wildman–Crippen MR) is 88.9 cm³/mol. The van der Waals surface area contributed by atoms with Gasteiger partial charge < -0.3 is 5.32 Å². The summed E-state index contributed by atoms with van der Waals surface area (Å²) < 4.78 is 15.3. The predicted octanol–water partition coefficient (Wildman–Crippen LogP) is 2.33. The Bertz CT molecular complexity index is 723. The van der Waals surface area contributed by atoms with Gasteiger partial charge in [-0.2, -0.15) is 0 Å². The van der Waals surface area contributed by atoms with E-state index >= 15 is 0 Å². The number of rotatable bonds is 4. The molecule has 2 heterocycles. The lowest BCUT2D eigenvalue weighted by atomic mass is 10.0. The first-order chi connectivity index (χ1) is 10.7. The summed E-state index contributed by atoms with van der Waals surface area (Å²) >= 11 is 0. The third-order valence-electron chi connectivity index (χ3n) is 5.02. The zero-order valence-corrected chi connectivity index (χ0v) is 13.6. The Morgan fingerprint density at radius 3 is 3.05 bits per heavy atom. The first-order valence-corrected chi connectivity index (χ1v) is 9.07. The van der Waals surface area contributed by atoms with Crippen molar-refractivity contribution in [3.8, 4) is 0 Å². The van der Waals surface area contributed by atoms with E-state index in [1.54, 1.807) is 6.20 Å². The standard InChI is InChI=1S/C17H21N3OS/c1-2-19-16-11-20(12-17(16)7-8-17)22(21)15-5-3-4-13-10-18-9-6-14(13)15/h3-6,9-10,16,19H,2,7-8,11-12H2,1H3. The van der Waals surface area contributed by atoms with Crippen molar-refractivity contribution in [1.29, 1.82) is 0 Å². The van der Waals surface area contributed by atoms with Crippen molar-refractivity contribution in [2.24, 2.45) is 5.41 Å². The molecule has 2 unspecified atom stereocenters. The van der Waals surface area contributed by atoms with Gasteiger partial charge in [0.15, 0.2) is 0 Å². The van der Waals surface area contributed by atoms with Crippen LogP contribution in [0.2, 0.25) is 0 Å². The second-order valence-corrected chi connectivity index (χ2v) is 7.85. The van der Waals surface area contributed by atoms with Crippen molar-refractivity contribution >= 4 is 21.8 Å². The normalized spacial score (nSPS) is 24.9. The Hall–Kier alpha value is -1.30. The molecule has 4 nitrogen and oxygen atoms in total. The fraction of sp³-hybridized carbons (Fsp3) is 0.471. The van der Waals surface area contributed by atoms with Gasteiger partial charge in [0.05, 0.1) is 4.90 Å². The molecule has 2 atom stereocenters. The molecule has 2 aromatic rings. The third-order valence-corrected chi connectivity index (χ3v) is 6.50. The summed E-state index contributed by atoms with van der Waals surface area (Å²) in [6.45, 7) is 4.95. The first kappa shape index (κ1) is 14.3. The maximum atomic E-state index is 13.1. The molecule has 1 aromatic carbocycles. The molecule has 1 saturated carbocycles. The molecular formula is C17H21N3OS. The van der Waals surface area contributed by atoms with Crippen molar-refractivity contribution in [1.82, 2.24) is 14.6 Å². The van der Waals surface area contributed by atoms with Gasteiger partial charge in [-0.25, -0.2) is 8.51 Å². The number of likely N-dealkylation sites (N-methyl/N-ethyl adjacent to an activating group) is 1. The van der Waals surface area contributed by atoms with Gasteiger partial charge in [0, 0.05) is 47.7 Å². The molecule has 0 radical (unpaired) electrons. The fourth-order valence-electron chi connectivity index (χ4n) is 3.63. The summed E-state index contributed by atoms with van der Waals surface area (Å²) in [6, 6.07) is 8.43. The van der Waals surface area contributed by atoms with Crippen molar-refractivity contribution in [3.63, 3.8) is 0 Å². The van der Waals surface area contributed by atoms with Crippen LogP contribution in [0, 0.1) is 5.41 Å². The van der Waals surface area contributed by atoms with E-state index in [1.165, 1.54) is 12.8 Å². The molecule has 0 amide bonds. The molecule has 1 aromatic heterocycles. The van der Waals surface area contributed by atoms with E-state index in [2.05, 4.69) is 21.5 Å². The largest absolute Gasteiger partial charge is 0.312 e. The smallest absolute Gasteiger partial charge is 0.128 e. The maximum Gasteiger partial charge on any atom is 0.128 e. The molecule has 1 saturated heterocycles. The van der Waals surface area contributed by atoms with E-state index in [-0.39, 0.29) is 0 Å². The average molecular weight is 315 g/mol. The highest BCUT2D eigenvalue weighted by atomic mass is 32.2. The highest BCUT2D eigenvalue weighted by molar-refractivity contribution is 7.83. The molecule has 116 valence electrons. The molecule has 22 heavy (non-hydrogen) atoms. The lowest BCUT2D eigenvalue weighted by Crippen LogP contribution is -2.37. The zero-order valence-electron chi connectivity index (χ0n) is 12.8. The van der Waals surface area contributed by atoms with Crippen LogP contribution in [-0.2, 0) is 11.0 Å². The number of hydrogen-bond acceptors (Lipinski definition) is 3. The number of benzene rings is 1. The average Bonchev–Trinajstić information content (AvgIpc) is 3.24. The van der Waals surface area contributed by atoms with Gasteiger partial charge in [-0.05, 0) is 31.5 Å². The highest BCUT2D eigenvalue weighted by Crippen LogP contribution is 2.53. The summed E-state index contributed by atoms with van der Waals surface area (Å²) in [5.74, 6) is 0. The van der Waals surface area contributed by atoms with Crippen LogP contribution in [0.4, 0.5) is 0 Å². The van der Waals surface area contributed by atoms with E-state index < -0.39 is 11.0 Å². The molecule has 1 aliphatic heterocycles. The van der Waals surface area contributed by atoms with E-state index in [0.29, 0.717) is 11.5 Å². The number of pyridine rings is 1. The summed E-state index contributed by atoms with van der Waals surface area (Å²) in [4.78, 5) is 5.07. The van der Waals surface area contributed by atoms with Crippen LogP contribution < -0.4 is 5.32 Å². The van der Waals surface area contributed by atoms with Gasteiger partial charge in [-0.15, -0.1) is 0 Å². The summed E-state index contributed by atoms with van der Waals surface area (Å²) in [5, 5.41) is 5.69. The van der Waals surface area contributed by atoms with E-state index in [0.717, 1.165) is 35.3 Å². The van der Waals surface area contributed by atoms with Gasteiger partial charge in [0.1, 0.15) is 11.0 Å². The first-order valence-electron chi connectivity index (χ1n) is 7.96. The highest BCUT2D eigenvalue weighted by Gasteiger charge is 2.55. The third kappa shape index (κ3) is 2.28. The molecule has 4 rings (SSSR count). The Kier molecular flexibility index (Phi) is 3.51. The Morgan fingerprint density at radius 1 is 1.41 bits per heavy atom. The van der Waals surface area contributed by atoms with Gasteiger partial charge in [-0.1, -0.05) is 19.1 Å². The van der Waals surface area contributed by atoms with Gasteiger partial charge >= 0.3 is 0 Å². The van der Waals surface area contributed by atoms with Crippen LogP contribution >= 0.6 is 0 Å². The summed E-state index contributed by atoms with van der Waals surface area (Å²) in [7, 11) is -1.10. The molecule has 5 heteroatoms. The molecule has 2 aliphatic rings. The van der Waals surface area contributed by atoms with E-state index in [1.807, 2.05) is 30.5 Å². The van der Waals surface area contributed by atoms with Crippen molar-refractivity contribution in [3.05, 3.63) is 36.7 Å². The SMILES string of the molecule is CCNC1CN(S(=O)c2cccc3cnccc23)CC12CC2. The van der Waals surface area contributed by atoms with Crippen LogP contribution in [0.25, 0.3) is 10.8 Å². The maximum absolute atomic E-state index is 13.1. The minimum atomic E-state index is -1.10. The summed E-state index contributed by atoms with van der Waals surface area (Å²) in [6.07, 6.45) is 6.14. The van der Waals surface area contributed by atoms with Crippen LogP contribution in [0.3, 0.4) is 0 Å². The quantitative estimate of drug-likeness (QED) is 0.942. The second kappa shape index (κ2) is 5.41. The number of nitrogens with zero attached hydrogens (tertiary/aromatic N) is 2.